The van der Waals surface area contributed by atoms with Crippen molar-refractivity contribution < 1.29 is 24.2 Å². The predicted octanol–water partition coefficient (Wildman–Crippen LogP) is 4.83. The van der Waals surface area contributed by atoms with Crippen LogP contribution in [-0.2, 0) is 22.5 Å². The smallest absolute Gasteiger partial charge is 0.306 e. The number of phenolic OH excluding ortho intramolecular Hbond substituents is 2. The molecule has 0 aliphatic carbocycles. The third-order valence-corrected chi connectivity index (χ3v) is 7.43. The van der Waals surface area contributed by atoms with E-state index >= 15 is 0 Å². The zero-order chi connectivity index (χ0) is 27.3. The molecule has 0 fully saturated rings. The van der Waals surface area contributed by atoms with Crippen LogP contribution < -0.4 is 11.0 Å². The van der Waals surface area contributed by atoms with E-state index in [1.165, 1.54) is 13.2 Å². The number of rotatable bonds is 5. The number of carbonyl (C=O) groups excluding carboxylic acids is 1. The fourth-order valence-corrected chi connectivity index (χ4v) is 5.66. The standard InChI is InChI=1S/C31H25NO7/c1-38-26(36)14-20(21-13-19-10-5-9-18-11-6-12-32(29(18)19)31(21)37)27-22(33)15-23(34)28-24(35)16-25(39-30(27)28)17-7-3-2-4-8-17/h2-5,7-10,13,15-16,20,33-34H,6,11-12,14H2,1H3/t20-/m0/s1. The molecule has 3 aromatic carbocycles. The largest absolute Gasteiger partial charge is 0.507 e. The van der Waals surface area contributed by atoms with Crippen LogP contribution in [0.2, 0.25) is 0 Å². The van der Waals surface area contributed by atoms with Gasteiger partial charge in [-0.05, 0) is 29.9 Å². The van der Waals surface area contributed by atoms with Gasteiger partial charge in [0.1, 0.15) is 28.2 Å². The molecule has 0 saturated carbocycles. The minimum absolute atomic E-state index is 0.0549. The maximum atomic E-state index is 13.9. The Hall–Kier alpha value is -4.85. The number of benzene rings is 3. The maximum Gasteiger partial charge on any atom is 0.306 e. The van der Waals surface area contributed by atoms with Gasteiger partial charge in [-0.25, -0.2) is 0 Å². The van der Waals surface area contributed by atoms with E-state index in [0.29, 0.717) is 12.1 Å². The Labute approximate surface area is 222 Å². The summed E-state index contributed by atoms with van der Waals surface area (Å²) in [4.78, 5) is 39.8. The van der Waals surface area contributed by atoms with Crippen LogP contribution in [0.25, 0.3) is 33.2 Å². The Morgan fingerprint density at radius 3 is 2.59 bits per heavy atom. The molecule has 0 unspecified atom stereocenters. The minimum Gasteiger partial charge on any atom is -0.507 e. The highest BCUT2D eigenvalue weighted by atomic mass is 16.5. The van der Waals surface area contributed by atoms with Gasteiger partial charge in [-0.2, -0.15) is 0 Å². The number of aromatic hydroxyl groups is 2. The highest BCUT2D eigenvalue weighted by molar-refractivity contribution is 5.91. The molecule has 39 heavy (non-hydrogen) atoms. The van der Waals surface area contributed by atoms with E-state index in [2.05, 4.69) is 0 Å². The molecule has 0 saturated heterocycles. The van der Waals surface area contributed by atoms with Crippen molar-refractivity contribution in [2.45, 2.75) is 31.7 Å². The summed E-state index contributed by atoms with van der Waals surface area (Å²) in [6.45, 7) is 0.515. The molecule has 0 bridgehead atoms. The first-order valence-corrected chi connectivity index (χ1v) is 12.7. The summed E-state index contributed by atoms with van der Waals surface area (Å²) in [5, 5.41) is 22.5. The molecule has 0 radical (unpaired) electrons. The van der Waals surface area contributed by atoms with Gasteiger partial charge < -0.3 is 23.9 Å². The van der Waals surface area contributed by atoms with Gasteiger partial charge in [-0.3, -0.25) is 14.4 Å². The molecule has 5 aromatic rings. The second kappa shape index (κ2) is 9.47. The summed E-state index contributed by atoms with van der Waals surface area (Å²) >= 11 is 0. The average molecular weight is 524 g/mol. The number of fused-ring (bicyclic) bond motifs is 1. The number of methoxy groups -OCH3 is 1. The number of nitrogens with zero attached hydrogens (tertiary/aromatic N) is 1. The van der Waals surface area contributed by atoms with Crippen LogP contribution >= 0.6 is 0 Å². The number of phenols is 2. The Kier molecular flexibility index (Phi) is 5.95. The van der Waals surface area contributed by atoms with Crippen LogP contribution in [0.4, 0.5) is 0 Å². The molecule has 3 heterocycles. The molecule has 6 rings (SSSR count). The normalized spacial score (nSPS) is 13.5. The van der Waals surface area contributed by atoms with Crippen molar-refractivity contribution in [2.24, 2.45) is 0 Å². The molecular formula is C31H25NO7. The lowest BCUT2D eigenvalue weighted by Crippen LogP contribution is -2.30. The zero-order valence-electron chi connectivity index (χ0n) is 21.1. The number of carbonyl (C=O) groups is 1. The van der Waals surface area contributed by atoms with Crippen LogP contribution in [-0.4, -0.2) is 27.9 Å². The summed E-state index contributed by atoms with van der Waals surface area (Å²) in [7, 11) is 1.24. The van der Waals surface area contributed by atoms with Gasteiger partial charge in [0.25, 0.3) is 5.56 Å². The van der Waals surface area contributed by atoms with E-state index in [-0.39, 0.29) is 39.8 Å². The van der Waals surface area contributed by atoms with E-state index in [4.69, 9.17) is 9.15 Å². The number of esters is 1. The molecule has 2 N–H and O–H groups in total. The molecule has 2 aromatic heterocycles. The monoisotopic (exact) mass is 523 g/mol. The first-order valence-electron chi connectivity index (χ1n) is 12.7. The predicted molar refractivity (Wildman–Crippen MR) is 146 cm³/mol. The van der Waals surface area contributed by atoms with E-state index in [1.807, 2.05) is 24.3 Å². The summed E-state index contributed by atoms with van der Waals surface area (Å²) in [5.41, 5.74) is 1.92. The third kappa shape index (κ3) is 4.05. The zero-order valence-corrected chi connectivity index (χ0v) is 21.1. The highest BCUT2D eigenvalue weighted by Crippen LogP contribution is 2.43. The Balaban J connectivity index is 1.69. The minimum atomic E-state index is -1.03. The fraction of sp³-hybridized carbons (Fsp3) is 0.194. The first kappa shape index (κ1) is 24.5. The Morgan fingerprint density at radius 2 is 1.82 bits per heavy atom. The van der Waals surface area contributed by atoms with Crippen molar-refractivity contribution in [3.8, 4) is 22.8 Å². The van der Waals surface area contributed by atoms with Gasteiger partial charge in [0.15, 0.2) is 5.43 Å². The van der Waals surface area contributed by atoms with Crippen molar-refractivity contribution >= 4 is 27.8 Å². The summed E-state index contributed by atoms with van der Waals surface area (Å²) in [5.74, 6) is -2.30. The Morgan fingerprint density at radius 1 is 1.03 bits per heavy atom. The number of aromatic nitrogens is 1. The van der Waals surface area contributed by atoms with Crippen LogP contribution in [0, 0.1) is 0 Å². The van der Waals surface area contributed by atoms with Crippen molar-refractivity contribution in [3.05, 3.63) is 104 Å². The topological polar surface area (TPSA) is 119 Å². The van der Waals surface area contributed by atoms with Gasteiger partial charge in [0.05, 0.1) is 19.0 Å². The lowest BCUT2D eigenvalue weighted by Gasteiger charge is -2.24. The Bertz CT molecular complexity index is 1890. The van der Waals surface area contributed by atoms with E-state index in [1.54, 1.807) is 34.9 Å². The molecule has 1 aliphatic rings. The average Bonchev–Trinajstić information content (AvgIpc) is 2.94. The molecule has 1 atom stereocenters. The molecule has 8 heteroatoms. The molecular weight excluding hydrogens is 498 g/mol. The van der Waals surface area contributed by atoms with E-state index in [9.17, 15) is 24.6 Å². The van der Waals surface area contributed by atoms with Crippen LogP contribution in [0.3, 0.4) is 0 Å². The molecule has 196 valence electrons. The quantitative estimate of drug-likeness (QED) is 0.317. The lowest BCUT2D eigenvalue weighted by atomic mass is 9.85. The fourth-order valence-electron chi connectivity index (χ4n) is 5.66. The first-order chi connectivity index (χ1) is 18.9. The van der Waals surface area contributed by atoms with Crippen molar-refractivity contribution in [1.82, 2.24) is 4.57 Å². The van der Waals surface area contributed by atoms with Crippen molar-refractivity contribution in [1.29, 1.82) is 0 Å². The van der Waals surface area contributed by atoms with Crippen LogP contribution in [0.15, 0.2) is 80.7 Å². The number of hydrogen-bond donors (Lipinski definition) is 2. The van der Waals surface area contributed by atoms with Gasteiger partial charge in [-0.1, -0.05) is 48.5 Å². The SMILES string of the molecule is COC(=O)C[C@@H](c1cc2cccc3c2n(c1=O)CCC3)c1c(O)cc(O)c2c(=O)cc(-c3ccccc3)oc12. The summed E-state index contributed by atoms with van der Waals surface area (Å²) < 4.78 is 12.8. The van der Waals surface area contributed by atoms with Gasteiger partial charge in [0.2, 0.25) is 0 Å². The molecule has 1 aliphatic heterocycles. The highest BCUT2D eigenvalue weighted by Gasteiger charge is 2.31. The number of aryl methyl sites for hydroxylation is 2. The molecule has 8 nitrogen and oxygen atoms in total. The lowest BCUT2D eigenvalue weighted by molar-refractivity contribution is -0.140. The second-order valence-corrected chi connectivity index (χ2v) is 9.72. The molecule has 0 spiro atoms. The molecule has 0 amide bonds. The van der Waals surface area contributed by atoms with Crippen molar-refractivity contribution in [3.63, 3.8) is 0 Å². The van der Waals surface area contributed by atoms with Crippen molar-refractivity contribution in [2.75, 3.05) is 7.11 Å². The van der Waals surface area contributed by atoms with Crippen LogP contribution in [0.5, 0.6) is 11.5 Å². The van der Waals surface area contributed by atoms with Gasteiger partial charge in [0, 0.05) is 41.3 Å². The number of para-hydroxylation sites is 1. The van der Waals surface area contributed by atoms with E-state index in [0.717, 1.165) is 35.4 Å². The van der Waals surface area contributed by atoms with Gasteiger partial charge in [-0.15, -0.1) is 0 Å². The van der Waals surface area contributed by atoms with Crippen LogP contribution in [0.1, 0.15) is 35.4 Å². The summed E-state index contributed by atoms with van der Waals surface area (Å²) in [6, 6.07) is 18.8. The number of pyridine rings is 1. The van der Waals surface area contributed by atoms with E-state index < -0.39 is 28.8 Å². The van der Waals surface area contributed by atoms with Gasteiger partial charge >= 0.3 is 5.97 Å². The summed E-state index contributed by atoms with van der Waals surface area (Å²) in [6.07, 6.45) is 1.35. The third-order valence-electron chi connectivity index (χ3n) is 7.43. The number of ether oxygens (including phenoxy) is 1. The maximum absolute atomic E-state index is 13.9. The number of hydrogen-bond acceptors (Lipinski definition) is 7. The second-order valence-electron chi connectivity index (χ2n) is 9.72.